The van der Waals surface area contributed by atoms with E-state index in [1.807, 2.05) is 41.6 Å². The molecule has 4 aromatic rings. The fraction of sp³-hybridized carbons (Fsp3) is 0.200. The van der Waals surface area contributed by atoms with Gasteiger partial charge in [0, 0.05) is 37.2 Å². The molecule has 0 atom stereocenters. The highest BCUT2D eigenvalue weighted by Gasteiger charge is 2.12. The molecule has 0 aliphatic carbocycles. The van der Waals surface area contributed by atoms with Crippen LogP contribution in [0.4, 0.5) is 0 Å². The first-order valence-corrected chi connectivity index (χ1v) is 9.62. The number of benzene rings is 1. The first-order valence-electron chi connectivity index (χ1n) is 8.74. The van der Waals surface area contributed by atoms with Crippen LogP contribution in [0.2, 0.25) is 0 Å². The molecule has 0 spiro atoms. The Labute approximate surface area is 156 Å². The summed E-state index contributed by atoms with van der Waals surface area (Å²) in [5.41, 5.74) is 3.36. The van der Waals surface area contributed by atoms with Gasteiger partial charge in [-0.2, -0.15) is 5.10 Å². The Kier molecular flexibility index (Phi) is 5.23. The number of aromatic nitrogens is 4. The van der Waals surface area contributed by atoms with Crippen molar-refractivity contribution in [3.8, 4) is 16.3 Å². The number of nitrogens with one attached hydrogen (secondary N) is 1. The molecular weight excluding hydrogens is 342 g/mol. The third-order valence-corrected chi connectivity index (χ3v) is 5.09. The number of thiophene rings is 1. The van der Waals surface area contributed by atoms with E-state index < -0.39 is 0 Å². The van der Waals surface area contributed by atoms with Crippen LogP contribution >= 0.6 is 11.3 Å². The van der Waals surface area contributed by atoms with Gasteiger partial charge in [0.1, 0.15) is 5.69 Å². The molecule has 0 saturated heterocycles. The molecule has 5 nitrogen and oxygen atoms in total. The van der Waals surface area contributed by atoms with E-state index in [-0.39, 0.29) is 0 Å². The van der Waals surface area contributed by atoms with E-state index in [0.29, 0.717) is 0 Å². The van der Waals surface area contributed by atoms with Gasteiger partial charge in [-0.1, -0.05) is 24.3 Å². The summed E-state index contributed by atoms with van der Waals surface area (Å²) in [6, 6.07) is 14.5. The number of nitrogens with zero attached hydrogens (tertiary/aromatic N) is 4. The number of hydrogen-bond acceptors (Lipinski definition) is 4. The molecule has 0 aliphatic rings. The molecule has 3 aromatic heterocycles. The second kappa shape index (κ2) is 8.12. The Hall–Kier alpha value is -2.70. The van der Waals surface area contributed by atoms with Gasteiger partial charge in [-0.3, -0.25) is 0 Å². The Balaban J connectivity index is 1.44. The van der Waals surface area contributed by atoms with Crippen molar-refractivity contribution >= 4 is 11.3 Å². The minimum atomic E-state index is 0.810. The molecule has 0 bridgehead atoms. The van der Waals surface area contributed by atoms with Crippen LogP contribution in [0, 0.1) is 0 Å². The first kappa shape index (κ1) is 16.8. The quantitative estimate of drug-likeness (QED) is 0.482. The van der Waals surface area contributed by atoms with Crippen molar-refractivity contribution in [2.75, 3.05) is 6.54 Å². The minimum Gasteiger partial charge on any atom is -0.337 e. The lowest BCUT2D eigenvalue weighted by Crippen LogP contribution is -2.16. The normalized spacial score (nSPS) is 11.1. The Morgan fingerprint density at radius 2 is 2.00 bits per heavy atom. The Morgan fingerprint density at radius 1 is 1.08 bits per heavy atom. The molecule has 1 N–H and O–H groups in total. The molecule has 4 rings (SSSR count). The van der Waals surface area contributed by atoms with Crippen LogP contribution in [0.5, 0.6) is 0 Å². The maximum atomic E-state index is 4.84. The molecule has 26 heavy (non-hydrogen) atoms. The molecular formula is C20H21N5S. The lowest BCUT2D eigenvalue weighted by atomic mass is 10.2. The topological polar surface area (TPSA) is 47.7 Å². The van der Waals surface area contributed by atoms with Gasteiger partial charge in [-0.25, -0.2) is 9.67 Å². The van der Waals surface area contributed by atoms with Crippen LogP contribution in [-0.4, -0.2) is 25.9 Å². The van der Waals surface area contributed by atoms with Crippen molar-refractivity contribution in [3.05, 3.63) is 78.3 Å². The third-order valence-electron chi connectivity index (χ3n) is 4.21. The van der Waals surface area contributed by atoms with Gasteiger partial charge in [0.15, 0.2) is 0 Å². The van der Waals surface area contributed by atoms with E-state index in [4.69, 9.17) is 5.10 Å². The predicted molar refractivity (Wildman–Crippen MR) is 105 cm³/mol. The lowest BCUT2D eigenvalue weighted by molar-refractivity contribution is 0.581. The fourth-order valence-electron chi connectivity index (χ4n) is 2.90. The fourth-order valence-corrected chi connectivity index (χ4v) is 3.65. The molecule has 132 valence electrons. The van der Waals surface area contributed by atoms with Crippen LogP contribution in [0.1, 0.15) is 12.0 Å². The van der Waals surface area contributed by atoms with Crippen molar-refractivity contribution in [1.29, 1.82) is 0 Å². The highest BCUT2D eigenvalue weighted by atomic mass is 32.1. The van der Waals surface area contributed by atoms with Gasteiger partial charge in [-0.05, 0) is 36.5 Å². The number of aryl methyl sites for hydroxylation is 1. The van der Waals surface area contributed by atoms with E-state index >= 15 is 0 Å². The summed E-state index contributed by atoms with van der Waals surface area (Å²) in [6.45, 7) is 2.75. The number of rotatable bonds is 8. The molecule has 0 aliphatic heterocycles. The summed E-state index contributed by atoms with van der Waals surface area (Å²) in [7, 11) is 0. The largest absolute Gasteiger partial charge is 0.337 e. The van der Waals surface area contributed by atoms with E-state index in [2.05, 4.69) is 50.7 Å². The van der Waals surface area contributed by atoms with Crippen molar-refractivity contribution in [1.82, 2.24) is 24.6 Å². The van der Waals surface area contributed by atoms with Crippen LogP contribution in [0.15, 0.2) is 72.8 Å². The summed E-state index contributed by atoms with van der Waals surface area (Å²) in [5, 5.41) is 10.5. The Morgan fingerprint density at radius 3 is 2.77 bits per heavy atom. The van der Waals surface area contributed by atoms with Crippen molar-refractivity contribution < 1.29 is 0 Å². The average Bonchev–Trinajstić information content (AvgIpc) is 3.43. The van der Waals surface area contributed by atoms with Gasteiger partial charge in [0.05, 0.1) is 16.9 Å². The lowest BCUT2D eigenvalue weighted by Gasteiger charge is -2.05. The molecule has 0 radical (unpaired) electrons. The molecule has 6 heteroatoms. The maximum absolute atomic E-state index is 4.84. The smallest absolute Gasteiger partial charge is 0.107 e. The van der Waals surface area contributed by atoms with Crippen LogP contribution in [0.3, 0.4) is 0 Å². The second-order valence-electron chi connectivity index (χ2n) is 6.09. The van der Waals surface area contributed by atoms with E-state index in [1.54, 1.807) is 11.3 Å². The van der Waals surface area contributed by atoms with Crippen molar-refractivity contribution in [2.45, 2.75) is 19.5 Å². The zero-order valence-corrected chi connectivity index (χ0v) is 15.3. The monoisotopic (exact) mass is 363 g/mol. The molecule has 0 fully saturated rings. The van der Waals surface area contributed by atoms with Crippen LogP contribution in [-0.2, 0) is 13.1 Å². The molecule has 1 aromatic carbocycles. The molecule has 0 amide bonds. The van der Waals surface area contributed by atoms with Gasteiger partial charge in [-0.15, -0.1) is 11.3 Å². The number of hydrogen-bond donors (Lipinski definition) is 1. The van der Waals surface area contributed by atoms with Gasteiger partial charge in [0.2, 0.25) is 0 Å². The molecule has 3 heterocycles. The van der Waals surface area contributed by atoms with Crippen molar-refractivity contribution in [3.63, 3.8) is 0 Å². The summed E-state index contributed by atoms with van der Waals surface area (Å²) in [4.78, 5) is 5.28. The summed E-state index contributed by atoms with van der Waals surface area (Å²) >= 11 is 1.73. The Bertz CT molecular complexity index is 911. The minimum absolute atomic E-state index is 0.810. The average molecular weight is 363 g/mol. The van der Waals surface area contributed by atoms with E-state index in [0.717, 1.165) is 37.4 Å². The van der Waals surface area contributed by atoms with E-state index in [1.165, 1.54) is 10.4 Å². The highest BCUT2D eigenvalue weighted by molar-refractivity contribution is 7.13. The number of para-hydroxylation sites is 1. The first-order chi connectivity index (χ1) is 12.9. The highest BCUT2D eigenvalue weighted by Crippen LogP contribution is 2.27. The van der Waals surface area contributed by atoms with Gasteiger partial charge in [0.25, 0.3) is 0 Å². The molecule has 0 saturated carbocycles. The van der Waals surface area contributed by atoms with E-state index in [9.17, 15) is 0 Å². The summed E-state index contributed by atoms with van der Waals surface area (Å²) in [6.07, 6.45) is 8.88. The van der Waals surface area contributed by atoms with Gasteiger partial charge < -0.3 is 9.88 Å². The summed E-state index contributed by atoms with van der Waals surface area (Å²) < 4.78 is 4.07. The maximum Gasteiger partial charge on any atom is 0.107 e. The molecule has 0 unspecified atom stereocenters. The van der Waals surface area contributed by atoms with Crippen LogP contribution in [0.25, 0.3) is 16.3 Å². The third kappa shape index (κ3) is 3.92. The SMILES string of the molecule is c1ccc(-n2cc(CNCCCn3ccnc3)c(-c3cccs3)n2)cc1. The number of imidazole rings is 1. The van der Waals surface area contributed by atoms with Crippen molar-refractivity contribution in [2.24, 2.45) is 0 Å². The predicted octanol–water partition coefficient (Wildman–Crippen LogP) is 3.98. The zero-order chi connectivity index (χ0) is 17.6. The summed E-state index contributed by atoms with van der Waals surface area (Å²) in [5.74, 6) is 0. The second-order valence-corrected chi connectivity index (χ2v) is 7.04. The van der Waals surface area contributed by atoms with Crippen LogP contribution < -0.4 is 5.32 Å². The van der Waals surface area contributed by atoms with Gasteiger partial charge >= 0.3 is 0 Å². The zero-order valence-electron chi connectivity index (χ0n) is 14.5. The standard InChI is InChI=1S/C20H21N5S/c1-2-6-18(7-3-1)25-15-17(20(23-25)19-8-4-13-26-19)14-21-9-5-11-24-12-10-22-16-24/h1-4,6-8,10,12-13,15-16,21H,5,9,11,14H2.